The van der Waals surface area contributed by atoms with Crippen LogP contribution in [0.25, 0.3) is 0 Å². The van der Waals surface area contributed by atoms with Crippen molar-refractivity contribution in [3.63, 3.8) is 0 Å². The molecule has 0 aromatic heterocycles. The average Bonchev–Trinajstić information content (AvgIpc) is 2.76. The number of piperidine rings is 1. The van der Waals surface area contributed by atoms with Gasteiger partial charge in [-0.2, -0.15) is 0 Å². The van der Waals surface area contributed by atoms with Crippen LogP contribution in [0.15, 0.2) is 24.3 Å². The summed E-state index contributed by atoms with van der Waals surface area (Å²) < 4.78 is 48.0. The van der Waals surface area contributed by atoms with Crippen LogP contribution in [0.2, 0.25) is 5.02 Å². The number of hydrogen-bond acceptors (Lipinski definition) is 4. The molecule has 1 amide bonds. The molecule has 2 N–H and O–H groups in total. The first kappa shape index (κ1) is 22.3. The molecule has 0 radical (unpaired) electrons. The minimum atomic E-state index is -1.25. The van der Waals surface area contributed by atoms with Gasteiger partial charge in [-0.25, -0.2) is 13.2 Å². The lowest BCUT2D eigenvalue weighted by molar-refractivity contribution is -0.152. The number of benzene rings is 2. The number of carboxylic acid groups (broad SMARTS) is 1. The molecule has 32 heavy (non-hydrogen) atoms. The van der Waals surface area contributed by atoms with Crippen molar-refractivity contribution in [3.05, 3.63) is 52.3 Å². The monoisotopic (exact) mass is 468 g/mol. The number of ether oxygens (including phenoxy) is 1. The Kier molecular flexibility index (Phi) is 5.94. The highest BCUT2D eigenvalue weighted by atomic mass is 35.5. The van der Waals surface area contributed by atoms with Gasteiger partial charge in [0, 0.05) is 31.1 Å². The number of carbonyl (C=O) groups is 2. The van der Waals surface area contributed by atoms with E-state index >= 15 is 0 Å². The van der Waals surface area contributed by atoms with Crippen LogP contribution in [0.3, 0.4) is 0 Å². The summed E-state index contributed by atoms with van der Waals surface area (Å²) >= 11 is 5.61. The Bertz CT molecular complexity index is 1090. The Morgan fingerprint density at radius 3 is 2.53 bits per heavy atom. The highest BCUT2D eigenvalue weighted by molar-refractivity contribution is 6.30. The number of anilines is 2. The molecule has 0 atom stereocenters. The maximum Gasteiger partial charge on any atom is 0.313 e. The Labute approximate surface area is 186 Å². The van der Waals surface area contributed by atoms with E-state index in [4.69, 9.17) is 16.3 Å². The van der Waals surface area contributed by atoms with Gasteiger partial charge in [-0.15, -0.1) is 0 Å². The molecule has 4 rings (SSSR count). The van der Waals surface area contributed by atoms with Crippen molar-refractivity contribution < 1.29 is 32.6 Å². The fourth-order valence-corrected chi connectivity index (χ4v) is 4.28. The van der Waals surface area contributed by atoms with E-state index in [1.807, 2.05) is 0 Å². The molecule has 1 fully saturated rings. The highest BCUT2D eigenvalue weighted by Gasteiger charge is 2.43. The predicted molar refractivity (Wildman–Crippen MR) is 112 cm³/mol. The minimum absolute atomic E-state index is 0.0233. The Balaban J connectivity index is 1.50. The molecule has 170 valence electrons. The van der Waals surface area contributed by atoms with Gasteiger partial charge in [0.1, 0.15) is 35.2 Å². The first-order chi connectivity index (χ1) is 15.2. The smallest absolute Gasteiger partial charge is 0.313 e. The standard InChI is InChI=1S/C22H20ClF3N2O4/c23-13-9-16(26)17(10-15(13)25)28-7-5-22(6-8-28,21(30)31)11-32-18-3-2-14(24)20-12(18)1-4-19(29)27-20/h2-3,9-10H,1,4-8,11H2,(H,27,29)(H,30,31). The summed E-state index contributed by atoms with van der Waals surface area (Å²) in [5.74, 6) is -3.07. The minimum Gasteiger partial charge on any atom is -0.492 e. The second-order valence-electron chi connectivity index (χ2n) is 8.03. The number of fused-ring (bicyclic) bond motifs is 1. The molecule has 0 aliphatic carbocycles. The van der Waals surface area contributed by atoms with Crippen LogP contribution < -0.4 is 15.0 Å². The molecule has 2 heterocycles. The van der Waals surface area contributed by atoms with Gasteiger partial charge in [-0.1, -0.05) is 11.6 Å². The summed E-state index contributed by atoms with van der Waals surface area (Å²) in [6.45, 7) is 0.163. The summed E-state index contributed by atoms with van der Waals surface area (Å²) in [6.07, 6.45) is 0.719. The van der Waals surface area contributed by atoms with Gasteiger partial charge < -0.3 is 20.1 Å². The van der Waals surface area contributed by atoms with Crippen molar-refractivity contribution in [2.24, 2.45) is 5.41 Å². The van der Waals surface area contributed by atoms with Gasteiger partial charge in [0.25, 0.3) is 0 Å². The largest absolute Gasteiger partial charge is 0.492 e. The molecule has 10 heteroatoms. The number of amides is 1. The molecular weight excluding hydrogens is 449 g/mol. The van der Waals surface area contributed by atoms with E-state index in [1.54, 1.807) is 4.90 Å². The number of halogens is 4. The molecule has 2 aromatic carbocycles. The lowest BCUT2D eigenvalue weighted by atomic mass is 9.79. The number of carbonyl (C=O) groups excluding carboxylic acids is 1. The summed E-state index contributed by atoms with van der Waals surface area (Å²) in [4.78, 5) is 25.3. The number of nitrogens with zero attached hydrogens (tertiary/aromatic N) is 1. The summed E-state index contributed by atoms with van der Waals surface area (Å²) in [5.41, 5.74) is -0.688. The molecular formula is C22H20ClF3N2O4. The maximum atomic E-state index is 14.3. The molecule has 1 saturated heterocycles. The average molecular weight is 469 g/mol. The SMILES string of the molecule is O=C1CCc2c(OCC3(C(=O)O)CCN(c4cc(F)c(Cl)cc4F)CC3)ccc(F)c2N1. The van der Waals surface area contributed by atoms with Crippen molar-refractivity contribution in [2.75, 3.05) is 29.9 Å². The Morgan fingerprint density at radius 1 is 1.12 bits per heavy atom. The lowest BCUT2D eigenvalue weighted by Gasteiger charge is -2.39. The van der Waals surface area contributed by atoms with Crippen molar-refractivity contribution in [2.45, 2.75) is 25.7 Å². The van der Waals surface area contributed by atoms with Crippen LogP contribution in [0, 0.1) is 22.9 Å². The van der Waals surface area contributed by atoms with Crippen LogP contribution in [-0.4, -0.2) is 36.7 Å². The van der Waals surface area contributed by atoms with Gasteiger partial charge in [0.05, 0.1) is 16.4 Å². The van der Waals surface area contributed by atoms with Crippen LogP contribution in [0.4, 0.5) is 24.5 Å². The van der Waals surface area contributed by atoms with Crippen molar-refractivity contribution >= 4 is 34.9 Å². The van der Waals surface area contributed by atoms with Crippen LogP contribution in [-0.2, 0) is 16.0 Å². The zero-order valence-electron chi connectivity index (χ0n) is 16.9. The van der Waals surface area contributed by atoms with Crippen LogP contribution in [0.1, 0.15) is 24.8 Å². The molecule has 0 spiro atoms. The van der Waals surface area contributed by atoms with E-state index in [0.29, 0.717) is 11.3 Å². The van der Waals surface area contributed by atoms with E-state index in [0.717, 1.165) is 18.2 Å². The van der Waals surface area contributed by atoms with Gasteiger partial charge in [0.15, 0.2) is 0 Å². The third-order valence-electron chi connectivity index (χ3n) is 6.09. The van der Waals surface area contributed by atoms with E-state index in [-0.39, 0.29) is 67.7 Å². The van der Waals surface area contributed by atoms with Gasteiger partial charge in [-0.3, -0.25) is 9.59 Å². The van der Waals surface area contributed by atoms with Gasteiger partial charge in [0.2, 0.25) is 5.91 Å². The zero-order chi connectivity index (χ0) is 23.0. The molecule has 6 nitrogen and oxygen atoms in total. The second kappa shape index (κ2) is 8.54. The van der Waals surface area contributed by atoms with E-state index in [1.165, 1.54) is 6.07 Å². The number of rotatable bonds is 5. The molecule has 0 bridgehead atoms. The topological polar surface area (TPSA) is 78.9 Å². The molecule has 0 unspecified atom stereocenters. The fraction of sp³-hybridized carbons (Fsp3) is 0.364. The second-order valence-corrected chi connectivity index (χ2v) is 8.43. The third kappa shape index (κ3) is 4.09. The number of aliphatic carboxylic acids is 1. The Hall–Kier alpha value is -2.94. The van der Waals surface area contributed by atoms with Gasteiger partial charge in [-0.05, 0) is 37.5 Å². The number of hydrogen-bond donors (Lipinski definition) is 2. The molecule has 2 aliphatic heterocycles. The predicted octanol–water partition coefficient (Wildman–Crippen LogP) is 4.39. The quantitative estimate of drug-likeness (QED) is 0.636. The van der Waals surface area contributed by atoms with Gasteiger partial charge >= 0.3 is 5.97 Å². The van der Waals surface area contributed by atoms with E-state index in [9.17, 15) is 27.9 Å². The first-order valence-electron chi connectivity index (χ1n) is 10.1. The normalized spacial score (nSPS) is 17.5. The number of nitrogens with one attached hydrogen (secondary N) is 1. The lowest BCUT2D eigenvalue weighted by Crippen LogP contribution is -2.48. The third-order valence-corrected chi connectivity index (χ3v) is 6.38. The van der Waals surface area contributed by atoms with Crippen molar-refractivity contribution in [1.82, 2.24) is 0 Å². The van der Waals surface area contributed by atoms with Crippen LogP contribution in [0.5, 0.6) is 5.75 Å². The molecule has 2 aliphatic rings. The highest BCUT2D eigenvalue weighted by Crippen LogP contribution is 2.38. The van der Waals surface area contributed by atoms with E-state index < -0.39 is 28.8 Å². The van der Waals surface area contributed by atoms with Crippen molar-refractivity contribution in [3.8, 4) is 5.75 Å². The summed E-state index contributed by atoms with van der Waals surface area (Å²) in [6, 6.07) is 4.47. The van der Waals surface area contributed by atoms with Crippen molar-refractivity contribution in [1.29, 1.82) is 0 Å². The summed E-state index contributed by atoms with van der Waals surface area (Å²) in [5, 5.41) is 12.1. The Morgan fingerprint density at radius 2 is 1.84 bits per heavy atom. The number of carboxylic acids is 1. The van der Waals surface area contributed by atoms with E-state index in [2.05, 4.69) is 5.32 Å². The fourth-order valence-electron chi connectivity index (χ4n) is 4.13. The zero-order valence-corrected chi connectivity index (χ0v) is 17.6. The van der Waals surface area contributed by atoms with Crippen LogP contribution >= 0.6 is 11.6 Å². The maximum absolute atomic E-state index is 14.3. The molecule has 2 aromatic rings. The molecule has 0 saturated carbocycles. The first-order valence-corrected chi connectivity index (χ1v) is 10.4. The summed E-state index contributed by atoms with van der Waals surface area (Å²) in [7, 11) is 0.